The molecule has 23 heavy (non-hydrogen) atoms. The second kappa shape index (κ2) is 7.44. The molecule has 0 saturated carbocycles. The Labute approximate surface area is 143 Å². The summed E-state index contributed by atoms with van der Waals surface area (Å²) in [6.45, 7) is 1.78. The first-order chi connectivity index (χ1) is 10.9. The Morgan fingerprint density at radius 2 is 1.91 bits per heavy atom. The molecule has 0 fully saturated rings. The molecule has 2 rings (SSSR count). The van der Waals surface area contributed by atoms with Gasteiger partial charge in [-0.1, -0.05) is 35.3 Å². The standard InChI is InChI=1S/C16H14Cl2N2O3/c1-10-2-5-12(20(22)23)9-15(10)19-16(21)7-4-11-3-6-13(17)14(18)8-11/h2-3,5-6,8-9H,4,7H2,1H3,(H,19,21). The van der Waals surface area contributed by atoms with Crippen molar-refractivity contribution in [1.82, 2.24) is 0 Å². The smallest absolute Gasteiger partial charge is 0.271 e. The molecule has 0 bridgehead atoms. The lowest BCUT2D eigenvalue weighted by molar-refractivity contribution is -0.384. The summed E-state index contributed by atoms with van der Waals surface area (Å²) in [5.74, 6) is -0.223. The van der Waals surface area contributed by atoms with E-state index >= 15 is 0 Å². The van der Waals surface area contributed by atoms with E-state index < -0.39 is 4.92 Å². The van der Waals surface area contributed by atoms with Crippen molar-refractivity contribution in [2.24, 2.45) is 0 Å². The molecule has 1 amide bonds. The molecule has 0 radical (unpaired) electrons. The molecule has 0 aliphatic rings. The summed E-state index contributed by atoms with van der Waals surface area (Å²) in [4.78, 5) is 22.3. The molecule has 0 aliphatic carbocycles. The van der Waals surface area contributed by atoms with Crippen LogP contribution in [0.4, 0.5) is 11.4 Å². The highest BCUT2D eigenvalue weighted by molar-refractivity contribution is 6.42. The van der Waals surface area contributed by atoms with Crippen LogP contribution in [0.2, 0.25) is 10.0 Å². The fraction of sp³-hybridized carbons (Fsp3) is 0.188. The molecule has 0 aliphatic heterocycles. The second-order valence-corrected chi connectivity index (χ2v) is 5.87. The number of nitro groups is 1. The van der Waals surface area contributed by atoms with Gasteiger partial charge in [0.05, 0.1) is 20.7 Å². The van der Waals surface area contributed by atoms with Gasteiger partial charge in [-0.25, -0.2) is 0 Å². The first-order valence-corrected chi connectivity index (χ1v) is 7.61. The molecule has 0 heterocycles. The minimum Gasteiger partial charge on any atom is -0.326 e. The minimum atomic E-state index is -0.495. The van der Waals surface area contributed by atoms with Gasteiger partial charge in [-0.3, -0.25) is 14.9 Å². The van der Waals surface area contributed by atoms with Crippen LogP contribution in [0, 0.1) is 17.0 Å². The molecular weight excluding hydrogens is 339 g/mol. The minimum absolute atomic E-state index is 0.0598. The molecule has 1 N–H and O–H groups in total. The third kappa shape index (κ3) is 4.68. The number of rotatable bonds is 5. The Morgan fingerprint density at radius 1 is 1.17 bits per heavy atom. The van der Waals surface area contributed by atoms with Crippen molar-refractivity contribution in [3.63, 3.8) is 0 Å². The zero-order valence-corrected chi connectivity index (χ0v) is 13.8. The fourth-order valence-corrected chi connectivity index (χ4v) is 2.34. The molecule has 0 spiro atoms. The number of hydrogen-bond acceptors (Lipinski definition) is 3. The van der Waals surface area contributed by atoms with Gasteiger partial charge in [0.1, 0.15) is 0 Å². The van der Waals surface area contributed by atoms with Crippen LogP contribution < -0.4 is 5.32 Å². The van der Waals surface area contributed by atoms with Crippen LogP contribution in [0.15, 0.2) is 36.4 Å². The SMILES string of the molecule is Cc1ccc([N+](=O)[O-])cc1NC(=O)CCc1ccc(Cl)c(Cl)c1. The maximum absolute atomic E-state index is 12.0. The average molecular weight is 353 g/mol. The zero-order chi connectivity index (χ0) is 17.0. The molecule has 0 unspecified atom stereocenters. The van der Waals surface area contributed by atoms with Crippen molar-refractivity contribution in [2.75, 3.05) is 5.32 Å². The van der Waals surface area contributed by atoms with Gasteiger partial charge in [0.2, 0.25) is 5.91 Å². The average Bonchev–Trinajstić information content (AvgIpc) is 2.50. The van der Waals surface area contributed by atoms with Crippen LogP contribution in [-0.4, -0.2) is 10.8 Å². The maximum atomic E-state index is 12.0. The van der Waals surface area contributed by atoms with Gasteiger partial charge in [0.15, 0.2) is 0 Å². The van der Waals surface area contributed by atoms with Gasteiger partial charge in [-0.2, -0.15) is 0 Å². The van der Waals surface area contributed by atoms with Gasteiger partial charge in [-0.05, 0) is 36.6 Å². The van der Waals surface area contributed by atoms with E-state index in [1.165, 1.54) is 12.1 Å². The van der Waals surface area contributed by atoms with Gasteiger partial charge >= 0.3 is 0 Å². The molecule has 5 nitrogen and oxygen atoms in total. The number of anilines is 1. The van der Waals surface area contributed by atoms with E-state index in [9.17, 15) is 14.9 Å². The summed E-state index contributed by atoms with van der Waals surface area (Å²) < 4.78 is 0. The number of hydrogen-bond donors (Lipinski definition) is 1. The summed E-state index contributed by atoms with van der Waals surface area (Å²) in [6.07, 6.45) is 0.733. The Hall–Kier alpha value is -2.11. The van der Waals surface area contributed by atoms with Crippen LogP contribution in [0.3, 0.4) is 0 Å². The maximum Gasteiger partial charge on any atom is 0.271 e. The van der Waals surface area contributed by atoms with Crippen molar-refractivity contribution < 1.29 is 9.72 Å². The third-order valence-corrected chi connectivity index (χ3v) is 4.07. The number of non-ortho nitro benzene ring substituents is 1. The highest BCUT2D eigenvalue weighted by Gasteiger charge is 2.11. The monoisotopic (exact) mass is 352 g/mol. The van der Waals surface area contributed by atoms with E-state index in [2.05, 4.69) is 5.32 Å². The van der Waals surface area contributed by atoms with E-state index in [4.69, 9.17) is 23.2 Å². The van der Waals surface area contributed by atoms with E-state index in [0.29, 0.717) is 22.2 Å². The number of carbonyl (C=O) groups is 1. The highest BCUT2D eigenvalue weighted by Crippen LogP contribution is 2.24. The van der Waals surface area contributed by atoms with E-state index in [1.807, 2.05) is 0 Å². The molecule has 7 heteroatoms. The summed E-state index contributed by atoms with van der Waals surface area (Å²) in [7, 11) is 0. The van der Waals surface area contributed by atoms with Crippen LogP contribution in [0.1, 0.15) is 17.5 Å². The molecule has 2 aromatic rings. The van der Waals surface area contributed by atoms with Gasteiger partial charge in [0.25, 0.3) is 5.69 Å². The number of halogens is 2. The second-order valence-electron chi connectivity index (χ2n) is 5.05. The van der Waals surface area contributed by atoms with Gasteiger partial charge in [0, 0.05) is 18.6 Å². The van der Waals surface area contributed by atoms with E-state index in [-0.39, 0.29) is 18.0 Å². The Bertz CT molecular complexity index is 763. The van der Waals surface area contributed by atoms with Crippen molar-refractivity contribution >= 4 is 40.5 Å². The predicted molar refractivity (Wildman–Crippen MR) is 91.2 cm³/mol. The summed E-state index contributed by atoms with van der Waals surface area (Å²) >= 11 is 11.8. The predicted octanol–water partition coefficient (Wildman–Crippen LogP) is 4.78. The lowest BCUT2D eigenvalue weighted by Gasteiger charge is -2.08. The molecule has 0 saturated heterocycles. The Morgan fingerprint density at radius 3 is 2.57 bits per heavy atom. The summed E-state index contributed by atoms with van der Waals surface area (Å²) in [6, 6.07) is 9.57. The Balaban J connectivity index is 2.00. The lowest BCUT2D eigenvalue weighted by atomic mass is 10.1. The van der Waals surface area contributed by atoms with Crippen LogP contribution in [0.25, 0.3) is 0 Å². The first kappa shape index (κ1) is 17.2. The molecule has 120 valence electrons. The Kier molecular flexibility index (Phi) is 5.58. The summed E-state index contributed by atoms with van der Waals surface area (Å²) in [5.41, 5.74) is 2.04. The van der Waals surface area contributed by atoms with E-state index in [1.54, 1.807) is 31.2 Å². The van der Waals surface area contributed by atoms with Crippen molar-refractivity contribution in [1.29, 1.82) is 0 Å². The van der Waals surface area contributed by atoms with Crippen LogP contribution in [-0.2, 0) is 11.2 Å². The van der Waals surface area contributed by atoms with Gasteiger partial charge < -0.3 is 5.32 Å². The third-order valence-electron chi connectivity index (χ3n) is 3.33. The first-order valence-electron chi connectivity index (χ1n) is 6.85. The molecule has 0 atom stereocenters. The topological polar surface area (TPSA) is 72.2 Å². The molecule has 2 aromatic carbocycles. The highest BCUT2D eigenvalue weighted by atomic mass is 35.5. The van der Waals surface area contributed by atoms with Crippen LogP contribution >= 0.6 is 23.2 Å². The number of aryl methyl sites for hydroxylation is 2. The van der Waals surface area contributed by atoms with Crippen molar-refractivity contribution in [3.8, 4) is 0 Å². The molecular formula is C16H14Cl2N2O3. The largest absolute Gasteiger partial charge is 0.326 e. The number of nitro benzene ring substituents is 1. The normalized spacial score (nSPS) is 10.4. The fourth-order valence-electron chi connectivity index (χ4n) is 2.02. The summed E-state index contributed by atoms with van der Waals surface area (Å²) in [5, 5.41) is 14.4. The van der Waals surface area contributed by atoms with E-state index in [0.717, 1.165) is 11.1 Å². The number of nitrogens with zero attached hydrogens (tertiary/aromatic N) is 1. The lowest BCUT2D eigenvalue weighted by Crippen LogP contribution is -2.13. The number of nitrogens with one attached hydrogen (secondary N) is 1. The van der Waals surface area contributed by atoms with Gasteiger partial charge in [-0.15, -0.1) is 0 Å². The van der Waals surface area contributed by atoms with Crippen molar-refractivity contribution in [3.05, 3.63) is 67.7 Å². The number of amides is 1. The van der Waals surface area contributed by atoms with Crippen LogP contribution in [0.5, 0.6) is 0 Å². The zero-order valence-electron chi connectivity index (χ0n) is 12.3. The quantitative estimate of drug-likeness (QED) is 0.621. The molecule has 0 aromatic heterocycles. The number of benzene rings is 2. The number of carbonyl (C=O) groups excluding carboxylic acids is 1. The van der Waals surface area contributed by atoms with Crippen molar-refractivity contribution in [2.45, 2.75) is 19.8 Å².